The molecule has 4 aliphatic carbocycles. The number of hydrogen-bond acceptors (Lipinski definition) is 1. The lowest BCUT2D eigenvalue weighted by atomic mass is 9.77. The summed E-state index contributed by atoms with van der Waals surface area (Å²) in [6.07, 6.45) is 17.1. The monoisotopic (exact) mass is 381 g/mol. The molecule has 142 valence electrons. The molecule has 1 atom stereocenters. The van der Waals surface area contributed by atoms with Gasteiger partial charge < -0.3 is 4.90 Å². The van der Waals surface area contributed by atoms with Gasteiger partial charge in [-0.25, -0.2) is 4.58 Å². The molecule has 0 amide bonds. The lowest BCUT2D eigenvalue weighted by molar-refractivity contribution is -0.462. The van der Waals surface area contributed by atoms with Crippen molar-refractivity contribution in [1.82, 2.24) is 4.90 Å². The van der Waals surface area contributed by atoms with Crippen LogP contribution < -0.4 is 0 Å². The van der Waals surface area contributed by atoms with E-state index in [1.807, 2.05) is 6.08 Å². The number of hydrogen-bond donors (Lipinski definition) is 0. The molecule has 0 saturated heterocycles. The Labute approximate surface area is 168 Å². The van der Waals surface area contributed by atoms with E-state index in [0.29, 0.717) is 11.8 Å². The largest absolute Gasteiger partial charge is 0.306 e. The van der Waals surface area contributed by atoms with Crippen molar-refractivity contribution in [2.45, 2.75) is 38.1 Å². The third-order valence-electron chi connectivity index (χ3n) is 6.53. The molecule has 0 radical (unpaired) electrons. The first-order valence-electron chi connectivity index (χ1n) is 10.1. The molecule has 1 unspecified atom stereocenters. The molecule has 0 N–H and O–H groups in total. The Kier molecular flexibility index (Phi) is 5.16. The van der Waals surface area contributed by atoms with Crippen LogP contribution in [0.2, 0.25) is 0 Å². The van der Waals surface area contributed by atoms with E-state index in [2.05, 4.69) is 67.7 Å². The zero-order valence-corrected chi connectivity index (χ0v) is 17.7. The van der Waals surface area contributed by atoms with Crippen molar-refractivity contribution in [2.24, 2.45) is 11.8 Å². The zero-order chi connectivity index (χ0) is 19.1. The molecular weight excluding hydrogens is 352 g/mol. The number of fused-ring (bicyclic) bond motifs is 1. The van der Waals surface area contributed by atoms with Gasteiger partial charge in [0, 0.05) is 24.1 Å². The SMILES string of the molecule is CN(C)C1CCC(/C(C2=C(Cl)C=C=CC2)=C2/C3=CC(=[N+](C)C)C=CC32)CC1. The summed E-state index contributed by atoms with van der Waals surface area (Å²) < 4.78 is 2.19. The first-order valence-corrected chi connectivity index (χ1v) is 10.5. The highest BCUT2D eigenvalue weighted by Crippen LogP contribution is 2.55. The van der Waals surface area contributed by atoms with Gasteiger partial charge in [-0.15, -0.1) is 5.73 Å². The predicted octanol–water partition coefficient (Wildman–Crippen LogP) is 4.85. The van der Waals surface area contributed by atoms with E-state index in [9.17, 15) is 0 Å². The Morgan fingerprint density at radius 2 is 1.93 bits per heavy atom. The van der Waals surface area contributed by atoms with E-state index in [0.717, 1.165) is 17.5 Å². The first kappa shape index (κ1) is 18.7. The fourth-order valence-electron chi connectivity index (χ4n) is 4.85. The van der Waals surface area contributed by atoms with Gasteiger partial charge in [0.25, 0.3) is 0 Å². The van der Waals surface area contributed by atoms with Crippen LogP contribution in [-0.4, -0.2) is 49.4 Å². The minimum absolute atomic E-state index is 0.502. The topological polar surface area (TPSA) is 6.25 Å². The van der Waals surface area contributed by atoms with Crippen LogP contribution in [0.4, 0.5) is 0 Å². The molecule has 2 nitrogen and oxygen atoms in total. The maximum Gasteiger partial charge on any atom is 0.199 e. The van der Waals surface area contributed by atoms with Crippen LogP contribution >= 0.6 is 11.6 Å². The van der Waals surface area contributed by atoms with Crippen LogP contribution in [0.25, 0.3) is 0 Å². The van der Waals surface area contributed by atoms with Crippen molar-refractivity contribution in [3.05, 3.63) is 63.4 Å². The highest BCUT2D eigenvalue weighted by atomic mass is 35.5. The lowest BCUT2D eigenvalue weighted by Gasteiger charge is -2.34. The molecule has 0 aromatic rings. The predicted molar refractivity (Wildman–Crippen MR) is 114 cm³/mol. The number of halogens is 1. The second-order valence-electron chi connectivity index (χ2n) is 8.60. The smallest absolute Gasteiger partial charge is 0.199 e. The number of rotatable bonds is 3. The van der Waals surface area contributed by atoms with Gasteiger partial charge in [0.15, 0.2) is 5.71 Å². The third-order valence-corrected chi connectivity index (χ3v) is 6.86. The van der Waals surface area contributed by atoms with Crippen molar-refractivity contribution in [3.8, 4) is 0 Å². The van der Waals surface area contributed by atoms with Crippen molar-refractivity contribution in [1.29, 1.82) is 0 Å². The number of allylic oxidation sites excluding steroid dienone is 9. The summed E-state index contributed by atoms with van der Waals surface area (Å²) in [7, 11) is 8.65. The van der Waals surface area contributed by atoms with Crippen LogP contribution in [0.1, 0.15) is 32.1 Å². The molecule has 2 fully saturated rings. The lowest BCUT2D eigenvalue weighted by Crippen LogP contribution is -2.32. The van der Waals surface area contributed by atoms with Gasteiger partial charge in [-0.1, -0.05) is 17.7 Å². The summed E-state index contributed by atoms with van der Waals surface area (Å²) >= 11 is 6.67. The zero-order valence-electron chi connectivity index (χ0n) is 16.9. The molecule has 4 aliphatic rings. The molecular formula is C24H30ClN2+. The summed E-state index contributed by atoms with van der Waals surface area (Å²) in [4.78, 5) is 2.39. The molecule has 2 saturated carbocycles. The molecule has 0 heterocycles. The molecule has 0 aromatic heterocycles. The molecule has 0 aliphatic heterocycles. The van der Waals surface area contributed by atoms with Crippen molar-refractivity contribution < 1.29 is 4.58 Å². The Morgan fingerprint density at radius 1 is 1.19 bits per heavy atom. The average Bonchev–Trinajstić information content (AvgIpc) is 3.37. The van der Waals surface area contributed by atoms with Crippen LogP contribution in [-0.2, 0) is 0 Å². The van der Waals surface area contributed by atoms with Crippen molar-refractivity contribution in [3.63, 3.8) is 0 Å². The summed E-state index contributed by atoms with van der Waals surface area (Å²) in [5.41, 5.74) is 10.4. The molecule has 3 heteroatoms. The van der Waals surface area contributed by atoms with Crippen molar-refractivity contribution in [2.75, 3.05) is 28.2 Å². The van der Waals surface area contributed by atoms with E-state index >= 15 is 0 Å². The van der Waals surface area contributed by atoms with Gasteiger partial charge in [0.2, 0.25) is 0 Å². The minimum atomic E-state index is 0.502. The van der Waals surface area contributed by atoms with Crippen molar-refractivity contribution >= 4 is 17.3 Å². The summed E-state index contributed by atoms with van der Waals surface area (Å²) in [6, 6.07) is 0.720. The van der Waals surface area contributed by atoms with Gasteiger partial charge in [-0.2, -0.15) is 0 Å². The maximum absolute atomic E-state index is 6.67. The molecule has 0 spiro atoms. The first-order chi connectivity index (χ1) is 13.0. The number of nitrogens with zero attached hydrogens (tertiary/aromatic N) is 2. The second-order valence-corrected chi connectivity index (χ2v) is 9.01. The molecule has 0 bridgehead atoms. The van der Waals surface area contributed by atoms with E-state index in [-0.39, 0.29) is 0 Å². The minimum Gasteiger partial charge on any atom is -0.306 e. The molecule has 0 aromatic carbocycles. The Hall–Kier alpha value is -1.60. The normalized spacial score (nSPS) is 31.3. The van der Waals surface area contributed by atoms with Crippen LogP contribution in [0, 0.1) is 11.8 Å². The fraction of sp³-hybridized carbons (Fsp3) is 0.500. The van der Waals surface area contributed by atoms with Gasteiger partial charge in [0.05, 0.1) is 5.03 Å². The van der Waals surface area contributed by atoms with Gasteiger partial charge >= 0.3 is 0 Å². The third kappa shape index (κ3) is 3.59. The van der Waals surface area contributed by atoms with E-state index < -0.39 is 0 Å². The standard InChI is InChI=1S/C24H30ClN2/c1-26(2)17-11-9-16(10-12-17)23(20-7-5-6-8-22(20)25)24-19-14-13-18(27(3)4)15-21(19)24/h5,8,13-17,19H,7,9-12H2,1-4H3/q+1/b24-23-. The van der Waals surface area contributed by atoms with Gasteiger partial charge in [0.1, 0.15) is 14.1 Å². The van der Waals surface area contributed by atoms with Crippen LogP contribution in [0.3, 0.4) is 0 Å². The fourth-order valence-corrected chi connectivity index (χ4v) is 5.10. The van der Waals surface area contributed by atoms with E-state index in [1.54, 1.807) is 11.1 Å². The quantitative estimate of drug-likeness (QED) is 0.500. The van der Waals surface area contributed by atoms with E-state index in [4.69, 9.17) is 11.6 Å². The molecule has 27 heavy (non-hydrogen) atoms. The summed E-state index contributed by atoms with van der Waals surface area (Å²) in [5.74, 6) is 1.13. The van der Waals surface area contributed by atoms with E-state index in [1.165, 1.54) is 42.5 Å². The highest BCUT2D eigenvalue weighted by Gasteiger charge is 2.43. The summed E-state index contributed by atoms with van der Waals surface area (Å²) in [5, 5.41) is 0.889. The van der Waals surface area contributed by atoms with Gasteiger partial charge in [-0.3, -0.25) is 0 Å². The maximum atomic E-state index is 6.67. The highest BCUT2D eigenvalue weighted by molar-refractivity contribution is 6.32. The Bertz CT molecular complexity index is 860. The average molecular weight is 382 g/mol. The Morgan fingerprint density at radius 3 is 2.56 bits per heavy atom. The van der Waals surface area contributed by atoms with Crippen LogP contribution in [0.5, 0.6) is 0 Å². The molecule has 4 rings (SSSR count). The second kappa shape index (κ2) is 7.43. The van der Waals surface area contributed by atoms with Crippen LogP contribution in [0.15, 0.2) is 63.4 Å². The summed E-state index contributed by atoms with van der Waals surface area (Å²) in [6.45, 7) is 0. The Balaban J connectivity index is 1.72. The van der Waals surface area contributed by atoms with Gasteiger partial charge in [-0.05, 0) is 86.6 Å².